The summed E-state index contributed by atoms with van der Waals surface area (Å²) in [7, 11) is 0. The van der Waals surface area contributed by atoms with Gasteiger partial charge in [0.05, 0.1) is 12.1 Å². The Morgan fingerprint density at radius 2 is 1.87 bits per heavy atom. The second-order valence-electron chi connectivity index (χ2n) is 7.97. The van der Waals surface area contributed by atoms with Gasteiger partial charge in [-0.2, -0.15) is 0 Å². The van der Waals surface area contributed by atoms with Gasteiger partial charge in [0.15, 0.2) is 0 Å². The van der Waals surface area contributed by atoms with E-state index < -0.39 is 59.9 Å². The first kappa shape index (κ1) is 24.5. The molecule has 2 fully saturated rings. The highest BCUT2D eigenvalue weighted by Crippen LogP contribution is 2.19. The van der Waals surface area contributed by atoms with Crippen molar-refractivity contribution in [2.24, 2.45) is 5.73 Å². The molecule has 2 aliphatic heterocycles. The van der Waals surface area contributed by atoms with Crippen LogP contribution < -0.4 is 21.7 Å². The van der Waals surface area contributed by atoms with Crippen molar-refractivity contribution in [2.75, 3.05) is 13.1 Å². The van der Waals surface area contributed by atoms with Crippen LogP contribution in [0.15, 0.2) is 0 Å². The normalized spacial score (nSPS) is 23.6. The van der Waals surface area contributed by atoms with Crippen molar-refractivity contribution in [1.29, 1.82) is 0 Å². The fourth-order valence-electron chi connectivity index (χ4n) is 3.86. The Morgan fingerprint density at radius 3 is 2.42 bits per heavy atom. The number of primary amides is 1. The van der Waals surface area contributed by atoms with Gasteiger partial charge >= 0.3 is 5.97 Å². The van der Waals surface area contributed by atoms with Crippen molar-refractivity contribution in [3.8, 4) is 0 Å². The standard InChI is InChI=1S/C19H31N5O7/c1-10(25)15(23-16(27)11-4-2-8-21-11)17(28)22-12(6-7-14(20)26)18(29)24-9-3-5-13(24)19(30)31/h10-13,15,21,25H,2-9H2,1H3,(H2,20,26)(H,22,28)(H,23,27)(H,30,31). The Balaban J connectivity index is 2.12. The smallest absolute Gasteiger partial charge is 0.326 e. The van der Waals surface area contributed by atoms with Gasteiger partial charge in [-0.05, 0) is 45.6 Å². The highest BCUT2D eigenvalue weighted by Gasteiger charge is 2.39. The Hall–Kier alpha value is -2.73. The average molecular weight is 441 g/mol. The first-order chi connectivity index (χ1) is 14.6. The molecule has 0 aliphatic carbocycles. The summed E-state index contributed by atoms with van der Waals surface area (Å²) in [5.74, 6) is -3.73. The second-order valence-corrected chi connectivity index (χ2v) is 7.97. The fourth-order valence-corrected chi connectivity index (χ4v) is 3.86. The third-order valence-corrected chi connectivity index (χ3v) is 5.55. The quantitative estimate of drug-likeness (QED) is 0.213. The minimum absolute atomic E-state index is 0.132. The van der Waals surface area contributed by atoms with E-state index >= 15 is 0 Å². The number of aliphatic hydroxyl groups excluding tert-OH is 1. The number of nitrogens with zero attached hydrogens (tertiary/aromatic N) is 1. The summed E-state index contributed by atoms with van der Waals surface area (Å²) in [4.78, 5) is 62.0. The van der Waals surface area contributed by atoms with Crippen LogP contribution in [0.3, 0.4) is 0 Å². The number of hydrogen-bond donors (Lipinski definition) is 6. The summed E-state index contributed by atoms with van der Waals surface area (Å²) in [5, 5.41) is 27.3. The largest absolute Gasteiger partial charge is 0.480 e. The summed E-state index contributed by atoms with van der Waals surface area (Å²) < 4.78 is 0. The van der Waals surface area contributed by atoms with Crippen LogP contribution in [0, 0.1) is 0 Å². The van der Waals surface area contributed by atoms with Gasteiger partial charge in [-0.3, -0.25) is 19.2 Å². The lowest BCUT2D eigenvalue weighted by atomic mass is 10.1. The Bertz CT molecular complexity index is 708. The summed E-state index contributed by atoms with van der Waals surface area (Å²) in [6, 6.07) is -4.03. The molecule has 0 spiro atoms. The van der Waals surface area contributed by atoms with Crippen LogP contribution in [0.5, 0.6) is 0 Å². The zero-order valence-corrected chi connectivity index (χ0v) is 17.5. The van der Waals surface area contributed by atoms with Crippen molar-refractivity contribution in [3.63, 3.8) is 0 Å². The summed E-state index contributed by atoms with van der Waals surface area (Å²) in [5.41, 5.74) is 5.17. The maximum Gasteiger partial charge on any atom is 0.326 e. The number of nitrogens with one attached hydrogen (secondary N) is 3. The molecule has 5 atom stereocenters. The highest BCUT2D eigenvalue weighted by atomic mass is 16.4. The maximum atomic E-state index is 13.0. The third kappa shape index (κ3) is 6.62. The van der Waals surface area contributed by atoms with E-state index in [1.165, 1.54) is 6.92 Å². The number of carbonyl (C=O) groups is 5. The van der Waals surface area contributed by atoms with Gasteiger partial charge in [-0.25, -0.2) is 4.79 Å². The molecule has 5 unspecified atom stereocenters. The minimum Gasteiger partial charge on any atom is -0.480 e. The van der Waals surface area contributed by atoms with Crippen LogP contribution in [-0.4, -0.2) is 88.1 Å². The molecular formula is C19H31N5O7. The van der Waals surface area contributed by atoms with Crippen molar-refractivity contribution >= 4 is 29.6 Å². The molecule has 12 nitrogen and oxygen atoms in total. The predicted octanol–water partition coefficient (Wildman–Crippen LogP) is -2.57. The molecule has 7 N–H and O–H groups in total. The molecule has 0 saturated carbocycles. The lowest BCUT2D eigenvalue weighted by Crippen LogP contribution is -2.59. The van der Waals surface area contributed by atoms with Gasteiger partial charge in [-0.1, -0.05) is 0 Å². The first-order valence-electron chi connectivity index (χ1n) is 10.5. The Morgan fingerprint density at radius 1 is 1.16 bits per heavy atom. The van der Waals surface area contributed by atoms with Crippen LogP contribution in [0.4, 0.5) is 0 Å². The molecule has 31 heavy (non-hydrogen) atoms. The monoisotopic (exact) mass is 441 g/mol. The number of rotatable bonds is 10. The first-order valence-corrected chi connectivity index (χ1v) is 10.5. The van der Waals surface area contributed by atoms with Gasteiger partial charge in [0.1, 0.15) is 18.1 Å². The SMILES string of the molecule is CC(O)C(NC(=O)C1CCCN1)C(=O)NC(CCC(N)=O)C(=O)N1CCCC1C(=O)O. The summed E-state index contributed by atoms with van der Waals surface area (Å²) >= 11 is 0. The Labute approximate surface area is 179 Å². The average Bonchev–Trinajstić information content (AvgIpc) is 3.39. The highest BCUT2D eigenvalue weighted by molar-refractivity contribution is 5.94. The lowest BCUT2D eigenvalue weighted by Gasteiger charge is -2.29. The van der Waals surface area contributed by atoms with Crippen molar-refractivity contribution in [3.05, 3.63) is 0 Å². The number of nitrogens with two attached hydrogens (primary N) is 1. The van der Waals surface area contributed by atoms with Crippen LogP contribution in [0.1, 0.15) is 45.4 Å². The van der Waals surface area contributed by atoms with E-state index in [1.807, 2.05) is 0 Å². The lowest BCUT2D eigenvalue weighted by molar-refractivity contribution is -0.149. The second kappa shape index (κ2) is 11.0. The molecule has 0 radical (unpaired) electrons. The van der Waals surface area contributed by atoms with E-state index in [4.69, 9.17) is 5.73 Å². The van der Waals surface area contributed by atoms with Gasteiger partial charge < -0.3 is 36.8 Å². The maximum absolute atomic E-state index is 13.0. The molecule has 0 aromatic heterocycles. The van der Waals surface area contributed by atoms with Crippen LogP contribution in [0.2, 0.25) is 0 Å². The van der Waals surface area contributed by atoms with Gasteiger partial charge in [0, 0.05) is 13.0 Å². The molecule has 0 aromatic carbocycles. The van der Waals surface area contributed by atoms with Gasteiger partial charge in [0.25, 0.3) is 0 Å². The number of amides is 4. The number of carboxylic acid groups (broad SMARTS) is 1. The number of aliphatic hydroxyl groups is 1. The number of carbonyl (C=O) groups excluding carboxylic acids is 4. The Kier molecular flexibility index (Phi) is 8.75. The molecule has 2 heterocycles. The molecule has 2 aliphatic rings. The molecule has 4 amide bonds. The predicted molar refractivity (Wildman–Crippen MR) is 107 cm³/mol. The molecule has 2 saturated heterocycles. The number of likely N-dealkylation sites (tertiary alicyclic amines) is 1. The van der Waals surface area contributed by atoms with Gasteiger partial charge in [0.2, 0.25) is 23.6 Å². The minimum atomic E-state index is -1.33. The van der Waals surface area contributed by atoms with E-state index in [-0.39, 0.29) is 25.8 Å². The zero-order valence-electron chi connectivity index (χ0n) is 17.5. The molecular weight excluding hydrogens is 410 g/mol. The summed E-state index contributed by atoms with van der Waals surface area (Å²) in [6.07, 6.45) is 0.612. The van der Waals surface area contributed by atoms with E-state index in [9.17, 15) is 34.2 Å². The zero-order chi connectivity index (χ0) is 23.1. The third-order valence-electron chi connectivity index (χ3n) is 5.55. The molecule has 174 valence electrons. The van der Waals surface area contributed by atoms with Crippen molar-refractivity contribution in [2.45, 2.75) is 75.7 Å². The number of hydrogen-bond acceptors (Lipinski definition) is 7. The number of carboxylic acids is 1. The van der Waals surface area contributed by atoms with E-state index in [2.05, 4.69) is 16.0 Å². The molecule has 2 rings (SSSR count). The molecule has 0 bridgehead atoms. The van der Waals surface area contributed by atoms with E-state index in [0.29, 0.717) is 19.4 Å². The molecule has 12 heteroatoms. The van der Waals surface area contributed by atoms with E-state index in [1.54, 1.807) is 0 Å². The van der Waals surface area contributed by atoms with E-state index in [0.717, 1.165) is 11.3 Å². The van der Waals surface area contributed by atoms with Crippen molar-refractivity contribution < 1.29 is 34.2 Å². The van der Waals surface area contributed by atoms with Crippen LogP contribution in [-0.2, 0) is 24.0 Å². The van der Waals surface area contributed by atoms with Crippen LogP contribution in [0.25, 0.3) is 0 Å². The van der Waals surface area contributed by atoms with Crippen molar-refractivity contribution in [1.82, 2.24) is 20.9 Å². The van der Waals surface area contributed by atoms with Gasteiger partial charge in [-0.15, -0.1) is 0 Å². The summed E-state index contributed by atoms with van der Waals surface area (Å²) in [6.45, 7) is 2.21. The fraction of sp³-hybridized carbons (Fsp3) is 0.737. The van der Waals surface area contributed by atoms with Crippen LogP contribution >= 0.6 is 0 Å². The number of aliphatic carboxylic acids is 1. The molecule has 0 aromatic rings. The topological polar surface area (TPSA) is 191 Å².